The fourth-order valence-electron chi connectivity index (χ4n) is 1.15. The van der Waals surface area contributed by atoms with Gasteiger partial charge >= 0.3 is 0 Å². The lowest BCUT2D eigenvalue weighted by molar-refractivity contribution is 0.608. The zero-order chi connectivity index (χ0) is 9.30. The van der Waals surface area contributed by atoms with Gasteiger partial charge in [0.2, 0.25) is 0 Å². The van der Waals surface area contributed by atoms with E-state index in [-0.39, 0.29) is 17.4 Å². The highest BCUT2D eigenvalue weighted by Gasteiger charge is 2.10. The summed E-state index contributed by atoms with van der Waals surface area (Å²) >= 11 is 5.64. The van der Waals surface area contributed by atoms with Crippen LogP contribution in [0.15, 0.2) is 6.07 Å². The van der Waals surface area contributed by atoms with Crippen molar-refractivity contribution in [3.8, 4) is 0 Å². The van der Waals surface area contributed by atoms with Crippen molar-refractivity contribution in [2.45, 2.75) is 20.4 Å². The molecule has 0 aromatic heterocycles. The van der Waals surface area contributed by atoms with E-state index in [1.165, 1.54) is 0 Å². The fourth-order valence-corrected chi connectivity index (χ4v) is 1.43. The van der Waals surface area contributed by atoms with Gasteiger partial charge in [0, 0.05) is 12.1 Å². The molecule has 0 aliphatic rings. The normalized spacial score (nSPS) is 10.4. The van der Waals surface area contributed by atoms with Gasteiger partial charge in [-0.2, -0.15) is 0 Å². The predicted molar refractivity (Wildman–Crippen MR) is 48.8 cm³/mol. The van der Waals surface area contributed by atoms with Gasteiger partial charge in [0.05, 0.1) is 5.02 Å². The van der Waals surface area contributed by atoms with Crippen molar-refractivity contribution in [3.05, 3.63) is 33.6 Å². The summed E-state index contributed by atoms with van der Waals surface area (Å²) in [4.78, 5) is 0. The van der Waals surface area contributed by atoms with E-state index in [1.807, 2.05) is 13.8 Å². The van der Waals surface area contributed by atoms with Gasteiger partial charge in [-0.05, 0) is 31.0 Å². The summed E-state index contributed by atoms with van der Waals surface area (Å²) < 4.78 is 13.2. The zero-order valence-corrected chi connectivity index (χ0v) is 7.87. The van der Waals surface area contributed by atoms with Crippen molar-refractivity contribution >= 4 is 11.6 Å². The molecule has 0 radical (unpaired) electrons. The number of nitrogens with two attached hydrogens (primary N) is 1. The van der Waals surface area contributed by atoms with Crippen molar-refractivity contribution in [2.24, 2.45) is 5.73 Å². The average molecular weight is 188 g/mol. The minimum atomic E-state index is -0.387. The van der Waals surface area contributed by atoms with Crippen LogP contribution in [0.2, 0.25) is 5.02 Å². The molecule has 1 aromatic rings. The summed E-state index contributed by atoms with van der Waals surface area (Å²) in [5.41, 5.74) is 7.77. The molecule has 1 rings (SSSR count). The van der Waals surface area contributed by atoms with Gasteiger partial charge in [-0.25, -0.2) is 4.39 Å². The molecule has 0 spiro atoms. The summed E-state index contributed by atoms with van der Waals surface area (Å²) in [5.74, 6) is -0.387. The van der Waals surface area contributed by atoms with Crippen molar-refractivity contribution in [1.82, 2.24) is 0 Å². The Bertz CT molecular complexity index is 284. The summed E-state index contributed by atoms with van der Waals surface area (Å²) in [7, 11) is 0. The Morgan fingerprint density at radius 2 is 2.08 bits per heavy atom. The highest BCUT2D eigenvalue weighted by Crippen LogP contribution is 2.24. The third-order valence-electron chi connectivity index (χ3n) is 2.07. The molecule has 0 saturated heterocycles. The second-order valence-electron chi connectivity index (χ2n) is 2.80. The van der Waals surface area contributed by atoms with E-state index in [1.54, 1.807) is 6.07 Å². The summed E-state index contributed by atoms with van der Waals surface area (Å²) in [6.07, 6.45) is 0. The fraction of sp³-hybridized carbons (Fsp3) is 0.333. The standard InChI is InChI=1S/C9H11ClFN/c1-5-3-8(10)9(11)7(4-12)6(5)2/h3H,4,12H2,1-2H3. The molecule has 0 aliphatic carbocycles. The van der Waals surface area contributed by atoms with Gasteiger partial charge in [-0.15, -0.1) is 0 Å². The SMILES string of the molecule is Cc1cc(Cl)c(F)c(CN)c1C. The van der Waals surface area contributed by atoms with Crippen LogP contribution in [0.3, 0.4) is 0 Å². The Kier molecular flexibility index (Phi) is 2.70. The molecule has 1 aromatic carbocycles. The minimum Gasteiger partial charge on any atom is -0.326 e. The van der Waals surface area contributed by atoms with Crippen LogP contribution in [0, 0.1) is 19.7 Å². The highest BCUT2D eigenvalue weighted by molar-refractivity contribution is 6.30. The Morgan fingerprint density at radius 1 is 1.50 bits per heavy atom. The molecule has 0 atom stereocenters. The lowest BCUT2D eigenvalue weighted by Gasteiger charge is -2.09. The van der Waals surface area contributed by atoms with E-state index >= 15 is 0 Å². The van der Waals surface area contributed by atoms with Gasteiger partial charge in [0.1, 0.15) is 5.82 Å². The van der Waals surface area contributed by atoms with Gasteiger partial charge in [0.15, 0.2) is 0 Å². The molecule has 0 fully saturated rings. The van der Waals surface area contributed by atoms with E-state index < -0.39 is 0 Å². The molecule has 1 nitrogen and oxygen atoms in total. The maximum atomic E-state index is 13.2. The van der Waals surface area contributed by atoms with Crippen molar-refractivity contribution in [2.75, 3.05) is 0 Å². The van der Waals surface area contributed by atoms with Crippen LogP contribution in [-0.2, 0) is 6.54 Å². The number of halogens is 2. The minimum absolute atomic E-state index is 0.151. The number of rotatable bonds is 1. The molecular weight excluding hydrogens is 177 g/mol. The molecular formula is C9H11ClFN. The van der Waals surface area contributed by atoms with Gasteiger partial charge < -0.3 is 5.73 Å². The second kappa shape index (κ2) is 3.42. The molecule has 0 bridgehead atoms. The largest absolute Gasteiger partial charge is 0.326 e. The first kappa shape index (κ1) is 9.49. The molecule has 3 heteroatoms. The molecule has 12 heavy (non-hydrogen) atoms. The first-order valence-electron chi connectivity index (χ1n) is 3.72. The smallest absolute Gasteiger partial charge is 0.146 e. The van der Waals surface area contributed by atoms with Gasteiger partial charge in [-0.1, -0.05) is 11.6 Å². The Morgan fingerprint density at radius 3 is 2.58 bits per heavy atom. The molecule has 66 valence electrons. The molecule has 0 amide bonds. The zero-order valence-electron chi connectivity index (χ0n) is 7.12. The second-order valence-corrected chi connectivity index (χ2v) is 3.20. The molecule has 0 unspecified atom stereocenters. The first-order valence-corrected chi connectivity index (χ1v) is 4.10. The van der Waals surface area contributed by atoms with Gasteiger partial charge in [0.25, 0.3) is 0 Å². The van der Waals surface area contributed by atoms with E-state index in [0.717, 1.165) is 11.1 Å². The molecule has 0 heterocycles. The van der Waals surface area contributed by atoms with Crippen LogP contribution in [0.1, 0.15) is 16.7 Å². The number of benzene rings is 1. The van der Waals surface area contributed by atoms with Crippen molar-refractivity contribution in [3.63, 3.8) is 0 Å². The van der Waals surface area contributed by atoms with Gasteiger partial charge in [-0.3, -0.25) is 0 Å². The van der Waals surface area contributed by atoms with E-state index in [2.05, 4.69) is 0 Å². The Labute approximate surface area is 76.3 Å². The third kappa shape index (κ3) is 1.45. The van der Waals surface area contributed by atoms with Crippen LogP contribution in [0.5, 0.6) is 0 Å². The van der Waals surface area contributed by atoms with Crippen LogP contribution >= 0.6 is 11.6 Å². The number of hydrogen-bond acceptors (Lipinski definition) is 1. The Hall–Kier alpha value is -0.600. The van der Waals surface area contributed by atoms with Crippen molar-refractivity contribution in [1.29, 1.82) is 0 Å². The topological polar surface area (TPSA) is 26.0 Å². The molecule has 0 aliphatic heterocycles. The highest BCUT2D eigenvalue weighted by atomic mass is 35.5. The average Bonchev–Trinajstić information content (AvgIpc) is 2.02. The lowest BCUT2D eigenvalue weighted by Crippen LogP contribution is -2.04. The van der Waals surface area contributed by atoms with Crippen LogP contribution < -0.4 is 5.73 Å². The summed E-state index contributed by atoms with van der Waals surface area (Å²) in [6.45, 7) is 3.93. The number of hydrogen-bond donors (Lipinski definition) is 1. The lowest BCUT2D eigenvalue weighted by atomic mass is 10.0. The van der Waals surface area contributed by atoms with E-state index in [0.29, 0.717) is 5.56 Å². The van der Waals surface area contributed by atoms with Crippen LogP contribution in [-0.4, -0.2) is 0 Å². The van der Waals surface area contributed by atoms with E-state index in [4.69, 9.17) is 17.3 Å². The molecule has 2 N–H and O–H groups in total. The maximum Gasteiger partial charge on any atom is 0.146 e. The Balaban J connectivity index is 3.42. The van der Waals surface area contributed by atoms with E-state index in [9.17, 15) is 4.39 Å². The first-order chi connectivity index (χ1) is 5.57. The maximum absolute atomic E-state index is 13.2. The predicted octanol–water partition coefficient (Wildman–Crippen LogP) is 2.55. The van der Waals surface area contributed by atoms with Crippen LogP contribution in [0.4, 0.5) is 4.39 Å². The summed E-state index contributed by atoms with van der Waals surface area (Å²) in [6, 6.07) is 1.62. The van der Waals surface area contributed by atoms with Crippen molar-refractivity contribution < 1.29 is 4.39 Å². The van der Waals surface area contributed by atoms with Crippen LogP contribution in [0.25, 0.3) is 0 Å². The summed E-state index contributed by atoms with van der Waals surface area (Å²) in [5, 5.41) is 0.151. The number of aryl methyl sites for hydroxylation is 1. The monoisotopic (exact) mass is 187 g/mol. The third-order valence-corrected chi connectivity index (χ3v) is 2.34. The molecule has 0 saturated carbocycles. The quantitative estimate of drug-likeness (QED) is 0.719.